The fraction of sp³-hybridized carbons (Fsp3) is 0.417. The zero-order valence-corrected chi connectivity index (χ0v) is 13.8. The van der Waals surface area contributed by atoms with Crippen molar-refractivity contribution in [2.24, 2.45) is 0 Å². The van der Waals surface area contributed by atoms with Gasteiger partial charge >= 0.3 is 0 Å². The lowest BCUT2D eigenvalue weighted by molar-refractivity contribution is -0.127. The average Bonchev–Trinajstić information content (AvgIpc) is 2.38. The van der Waals surface area contributed by atoms with E-state index in [2.05, 4.69) is 10.0 Å². The zero-order valence-electron chi connectivity index (χ0n) is 11.5. The van der Waals surface area contributed by atoms with Gasteiger partial charge in [-0.25, -0.2) is 13.1 Å². The summed E-state index contributed by atoms with van der Waals surface area (Å²) < 4.78 is 29.4. The minimum absolute atomic E-state index is 0.106. The van der Waals surface area contributed by atoms with Crippen LogP contribution < -0.4 is 14.8 Å². The summed E-state index contributed by atoms with van der Waals surface area (Å²) in [4.78, 5) is 11.8. The molecule has 0 aliphatic rings. The highest BCUT2D eigenvalue weighted by Crippen LogP contribution is 2.31. The minimum Gasteiger partial charge on any atom is -0.479 e. The Morgan fingerprint density at radius 2 is 2.00 bits per heavy atom. The Balaban J connectivity index is 2.46. The number of halogens is 2. The predicted octanol–water partition coefficient (Wildman–Crippen LogP) is 1.43. The molecule has 0 saturated heterocycles. The van der Waals surface area contributed by atoms with Crippen molar-refractivity contribution in [3.8, 4) is 5.75 Å². The third-order valence-electron chi connectivity index (χ3n) is 2.38. The van der Waals surface area contributed by atoms with Gasteiger partial charge in [-0.3, -0.25) is 4.79 Å². The first kappa shape index (κ1) is 18.0. The Kier molecular flexibility index (Phi) is 6.73. The Bertz CT molecular complexity index is 607. The number of amides is 1. The average molecular weight is 355 g/mol. The SMILES string of the molecule is C[C@@H](Oc1cccc(Cl)c1Cl)C(=O)NCCNS(C)(=O)=O. The maximum atomic E-state index is 11.8. The largest absolute Gasteiger partial charge is 0.479 e. The van der Waals surface area contributed by atoms with Gasteiger partial charge in [-0.2, -0.15) is 0 Å². The summed E-state index contributed by atoms with van der Waals surface area (Å²) in [5.41, 5.74) is 0. The monoisotopic (exact) mass is 354 g/mol. The van der Waals surface area contributed by atoms with E-state index in [0.29, 0.717) is 10.8 Å². The molecule has 0 aliphatic carbocycles. The van der Waals surface area contributed by atoms with Crippen LogP contribution in [0.2, 0.25) is 10.0 Å². The number of nitrogens with one attached hydrogen (secondary N) is 2. The Morgan fingerprint density at radius 3 is 2.62 bits per heavy atom. The van der Waals surface area contributed by atoms with Crippen LogP contribution in [0.15, 0.2) is 18.2 Å². The maximum absolute atomic E-state index is 11.8. The normalized spacial score (nSPS) is 12.8. The van der Waals surface area contributed by atoms with E-state index in [1.165, 1.54) is 0 Å². The number of ether oxygens (including phenoxy) is 1. The third-order valence-corrected chi connectivity index (χ3v) is 3.91. The van der Waals surface area contributed by atoms with Gasteiger partial charge in [0, 0.05) is 13.1 Å². The molecule has 9 heteroatoms. The smallest absolute Gasteiger partial charge is 0.260 e. The molecule has 2 N–H and O–H groups in total. The van der Waals surface area contributed by atoms with Crippen molar-refractivity contribution in [2.75, 3.05) is 19.3 Å². The van der Waals surface area contributed by atoms with Crippen molar-refractivity contribution in [1.82, 2.24) is 10.0 Å². The molecule has 1 aromatic carbocycles. The first-order valence-electron chi connectivity index (χ1n) is 6.03. The fourth-order valence-corrected chi connectivity index (χ4v) is 2.19. The number of hydrogen-bond donors (Lipinski definition) is 2. The lowest BCUT2D eigenvalue weighted by Crippen LogP contribution is -2.40. The molecule has 0 unspecified atom stereocenters. The Labute approximate surface area is 133 Å². The zero-order chi connectivity index (χ0) is 16.0. The topological polar surface area (TPSA) is 84.5 Å². The maximum Gasteiger partial charge on any atom is 0.260 e. The van der Waals surface area contributed by atoms with E-state index in [9.17, 15) is 13.2 Å². The summed E-state index contributed by atoms with van der Waals surface area (Å²) in [6.45, 7) is 1.81. The number of sulfonamides is 1. The summed E-state index contributed by atoms with van der Waals surface area (Å²) in [6.07, 6.45) is 0.251. The lowest BCUT2D eigenvalue weighted by atomic mass is 10.3. The molecule has 0 aliphatic heterocycles. The van der Waals surface area contributed by atoms with Crippen LogP contribution in [0.1, 0.15) is 6.92 Å². The van der Waals surface area contributed by atoms with Gasteiger partial charge < -0.3 is 10.1 Å². The van der Waals surface area contributed by atoms with Crippen LogP contribution in [0.5, 0.6) is 5.75 Å². The van der Waals surface area contributed by atoms with Gasteiger partial charge in [0.15, 0.2) is 6.10 Å². The van der Waals surface area contributed by atoms with E-state index in [0.717, 1.165) is 6.26 Å². The second-order valence-corrected chi connectivity index (χ2v) is 6.89. The standard InChI is InChI=1S/C12H16Cl2N2O4S/c1-8(12(17)15-6-7-16-21(2,18)19)20-10-5-3-4-9(13)11(10)14/h3-5,8,16H,6-7H2,1-2H3,(H,15,17)/t8-/m1/s1. The third kappa shape index (κ3) is 6.52. The molecule has 1 rings (SSSR count). The second kappa shape index (κ2) is 7.84. The molecule has 118 valence electrons. The van der Waals surface area contributed by atoms with E-state index in [-0.39, 0.29) is 24.0 Å². The van der Waals surface area contributed by atoms with Crippen LogP contribution in [0.4, 0.5) is 0 Å². The van der Waals surface area contributed by atoms with Gasteiger partial charge in [0.05, 0.1) is 11.3 Å². The van der Waals surface area contributed by atoms with E-state index in [4.69, 9.17) is 27.9 Å². The molecular formula is C12H16Cl2N2O4S. The molecule has 1 atom stereocenters. The van der Waals surface area contributed by atoms with Gasteiger partial charge in [0.1, 0.15) is 10.8 Å². The van der Waals surface area contributed by atoms with Crippen LogP contribution in [-0.4, -0.2) is 39.8 Å². The van der Waals surface area contributed by atoms with Crippen molar-refractivity contribution < 1.29 is 17.9 Å². The van der Waals surface area contributed by atoms with Crippen LogP contribution in [-0.2, 0) is 14.8 Å². The molecule has 0 heterocycles. The molecule has 6 nitrogen and oxygen atoms in total. The molecule has 1 aromatic rings. The molecule has 1 amide bonds. The number of benzene rings is 1. The quantitative estimate of drug-likeness (QED) is 0.725. The highest BCUT2D eigenvalue weighted by molar-refractivity contribution is 7.88. The van der Waals surface area contributed by atoms with E-state index < -0.39 is 16.1 Å². The summed E-state index contributed by atoms with van der Waals surface area (Å²) >= 11 is 11.8. The summed E-state index contributed by atoms with van der Waals surface area (Å²) in [6, 6.07) is 4.87. The molecule has 0 radical (unpaired) electrons. The van der Waals surface area contributed by atoms with Gasteiger partial charge in [-0.15, -0.1) is 0 Å². The van der Waals surface area contributed by atoms with Crippen LogP contribution in [0.25, 0.3) is 0 Å². The van der Waals surface area contributed by atoms with Crippen molar-refractivity contribution >= 4 is 39.1 Å². The molecule has 0 aromatic heterocycles. The molecule has 0 spiro atoms. The van der Waals surface area contributed by atoms with Crippen molar-refractivity contribution in [3.05, 3.63) is 28.2 Å². The van der Waals surface area contributed by atoms with Crippen LogP contribution in [0.3, 0.4) is 0 Å². The lowest BCUT2D eigenvalue weighted by Gasteiger charge is -2.16. The van der Waals surface area contributed by atoms with Gasteiger partial charge in [-0.1, -0.05) is 29.3 Å². The summed E-state index contributed by atoms with van der Waals surface area (Å²) in [5, 5.41) is 3.11. The molecular weight excluding hydrogens is 339 g/mol. The van der Waals surface area contributed by atoms with Gasteiger partial charge in [-0.05, 0) is 19.1 Å². The molecule has 21 heavy (non-hydrogen) atoms. The van der Waals surface area contributed by atoms with E-state index >= 15 is 0 Å². The highest BCUT2D eigenvalue weighted by atomic mass is 35.5. The van der Waals surface area contributed by atoms with Crippen molar-refractivity contribution in [3.63, 3.8) is 0 Å². The summed E-state index contributed by atoms with van der Waals surface area (Å²) in [5.74, 6) is -0.0811. The molecule has 0 bridgehead atoms. The first-order chi connectivity index (χ1) is 9.70. The van der Waals surface area contributed by atoms with Gasteiger partial charge in [0.25, 0.3) is 5.91 Å². The van der Waals surface area contributed by atoms with Crippen molar-refractivity contribution in [1.29, 1.82) is 0 Å². The molecule has 0 fully saturated rings. The first-order valence-corrected chi connectivity index (χ1v) is 8.68. The van der Waals surface area contributed by atoms with E-state index in [1.54, 1.807) is 25.1 Å². The van der Waals surface area contributed by atoms with Crippen LogP contribution >= 0.6 is 23.2 Å². The highest BCUT2D eigenvalue weighted by Gasteiger charge is 2.16. The number of carbonyl (C=O) groups is 1. The van der Waals surface area contributed by atoms with Crippen LogP contribution in [0, 0.1) is 0 Å². The second-order valence-electron chi connectivity index (χ2n) is 4.27. The minimum atomic E-state index is -3.27. The number of carbonyl (C=O) groups excluding carboxylic acids is 1. The Morgan fingerprint density at radius 1 is 1.33 bits per heavy atom. The fourth-order valence-electron chi connectivity index (χ4n) is 1.38. The van der Waals surface area contributed by atoms with E-state index in [1.807, 2.05) is 0 Å². The molecule has 0 saturated carbocycles. The van der Waals surface area contributed by atoms with Gasteiger partial charge in [0.2, 0.25) is 10.0 Å². The number of hydrogen-bond acceptors (Lipinski definition) is 4. The summed E-state index contributed by atoms with van der Waals surface area (Å²) in [7, 11) is -3.27. The Hall–Kier alpha value is -1.02. The predicted molar refractivity (Wildman–Crippen MR) is 82.4 cm³/mol. The van der Waals surface area contributed by atoms with Crippen molar-refractivity contribution in [2.45, 2.75) is 13.0 Å². The number of rotatable bonds is 7.